The molecule has 0 fully saturated rings. The highest BCUT2D eigenvalue weighted by molar-refractivity contribution is 9.10. The fourth-order valence-corrected chi connectivity index (χ4v) is 1.70. The van der Waals surface area contributed by atoms with Crippen molar-refractivity contribution in [3.63, 3.8) is 0 Å². The number of nitrogens with two attached hydrogens (primary N) is 1. The first kappa shape index (κ1) is 13.2. The van der Waals surface area contributed by atoms with Gasteiger partial charge in [0.15, 0.2) is 0 Å². The van der Waals surface area contributed by atoms with Crippen molar-refractivity contribution in [1.29, 1.82) is 0 Å². The lowest BCUT2D eigenvalue weighted by Crippen LogP contribution is -2.37. The molecule has 0 saturated carbocycles. The minimum absolute atomic E-state index is 0.0582. The molecule has 0 heterocycles. The molecular weight excluding hydrogens is 268 g/mol. The molecule has 1 aromatic carbocycles. The van der Waals surface area contributed by atoms with Gasteiger partial charge in [0, 0.05) is 10.5 Å². The second-order valence-electron chi connectivity index (χ2n) is 3.84. The van der Waals surface area contributed by atoms with Crippen LogP contribution in [-0.2, 0) is 11.2 Å². The van der Waals surface area contributed by atoms with E-state index in [2.05, 4.69) is 33.4 Å². The summed E-state index contributed by atoms with van der Waals surface area (Å²) >= 11 is 3.40. The Morgan fingerprint density at radius 1 is 1.44 bits per heavy atom. The highest BCUT2D eigenvalue weighted by atomic mass is 79.9. The molecule has 1 atom stereocenters. The van der Waals surface area contributed by atoms with Crippen LogP contribution in [0.1, 0.15) is 18.9 Å². The quantitative estimate of drug-likeness (QED) is 0.867. The predicted molar refractivity (Wildman–Crippen MR) is 69.1 cm³/mol. The number of carbonyl (C=O) groups is 1. The number of rotatable bonds is 5. The highest BCUT2D eigenvalue weighted by Gasteiger charge is 2.05. The second kappa shape index (κ2) is 6.66. The standard InChI is InChI=1S/C12H17BrN2O/c1-9(15-12(16)8-14)2-3-10-4-6-11(13)7-5-10/h4-7,9H,2-3,8,14H2,1H3,(H,15,16). The summed E-state index contributed by atoms with van der Waals surface area (Å²) in [5.74, 6) is -0.0942. The van der Waals surface area contributed by atoms with E-state index in [0.29, 0.717) is 0 Å². The SMILES string of the molecule is CC(CCc1ccc(Br)cc1)NC(=O)CN. The van der Waals surface area contributed by atoms with Gasteiger partial charge in [0.1, 0.15) is 0 Å². The van der Waals surface area contributed by atoms with Crippen molar-refractivity contribution in [3.05, 3.63) is 34.3 Å². The molecule has 0 aliphatic carbocycles. The summed E-state index contributed by atoms with van der Waals surface area (Å²) < 4.78 is 1.08. The van der Waals surface area contributed by atoms with Gasteiger partial charge in [0.2, 0.25) is 5.91 Å². The van der Waals surface area contributed by atoms with E-state index in [0.717, 1.165) is 17.3 Å². The molecule has 1 unspecified atom stereocenters. The zero-order valence-electron chi connectivity index (χ0n) is 9.37. The first-order chi connectivity index (χ1) is 7.61. The third-order valence-electron chi connectivity index (χ3n) is 2.37. The van der Waals surface area contributed by atoms with Crippen LogP contribution in [0.2, 0.25) is 0 Å². The fourth-order valence-electron chi connectivity index (χ4n) is 1.44. The third kappa shape index (κ3) is 4.77. The Morgan fingerprint density at radius 2 is 2.06 bits per heavy atom. The van der Waals surface area contributed by atoms with E-state index in [1.165, 1.54) is 5.56 Å². The van der Waals surface area contributed by atoms with E-state index in [1.54, 1.807) is 0 Å². The third-order valence-corrected chi connectivity index (χ3v) is 2.90. The van der Waals surface area contributed by atoms with E-state index < -0.39 is 0 Å². The van der Waals surface area contributed by atoms with Crippen LogP contribution >= 0.6 is 15.9 Å². The maximum absolute atomic E-state index is 11.0. The number of hydrogen-bond acceptors (Lipinski definition) is 2. The molecule has 0 aromatic heterocycles. The molecule has 0 saturated heterocycles. The van der Waals surface area contributed by atoms with Gasteiger partial charge in [0.05, 0.1) is 6.54 Å². The van der Waals surface area contributed by atoms with Crippen molar-refractivity contribution < 1.29 is 4.79 Å². The molecule has 16 heavy (non-hydrogen) atoms. The van der Waals surface area contributed by atoms with Crippen LogP contribution in [-0.4, -0.2) is 18.5 Å². The van der Waals surface area contributed by atoms with Crippen molar-refractivity contribution in [1.82, 2.24) is 5.32 Å². The van der Waals surface area contributed by atoms with Crippen LogP contribution in [0, 0.1) is 0 Å². The lowest BCUT2D eigenvalue weighted by Gasteiger charge is -2.12. The summed E-state index contributed by atoms with van der Waals surface area (Å²) in [5.41, 5.74) is 6.50. The Labute approximate surface area is 105 Å². The van der Waals surface area contributed by atoms with Crippen LogP contribution in [0.25, 0.3) is 0 Å². The number of carbonyl (C=O) groups excluding carboxylic acids is 1. The summed E-state index contributed by atoms with van der Waals surface area (Å²) in [6.07, 6.45) is 1.88. The molecule has 0 aliphatic rings. The average molecular weight is 285 g/mol. The van der Waals surface area contributed by atoms with Crippen LogP contribution in [0.3, 0.4) is 0 Å². The van der Waals surface area contributed by atoms with Crippen LogP contribution in [0.5, 0.6) is 0 Å². The number of benzene rings is 1. The summed E-state index contributed by atoms with van der Waals surface area (Å²) in [4.78, 5) is 11.0. The van der Waals surface area contributed by atoms with Gasteiger partial charge >= 0.3 is 0 Å². The number of aryl methyl sites for hydroxylation is 1. The molecular formula is C12H17BrN2O. The van der Waals surface area contributed by atoms with Crippen molar-refractivity contribution in [2.24, 2.45) is 5.73 Å². The first-order valence-electron chi connectivity index (χ1n) is 5.35. The van der Waals surface area contributed by atoms with Gasteiger partial charge in [0.25, 0.3) is 0 Å². The largest absolute Gasteiger partial charge is 0.353 e. The van der Waals surface area contributed by atoms with E-state index >= 15 is 0 Å². The van der Waals surface area contributed by atoms with Crippen LogP contribution < -0.4 is 11.1 Å². The number of halogens is 1. The smallest absolute Gasteiger partial charge is 0.233 e. The lowest BCUT2D eigenvalue weighted by atomic mass is 10.1. The summed E-state index contributed by atoms with van der Waals surface area (Å²) in [7, 11) is 0. The molecule has 1 amide bonds. The maximum atomic E-state index is 11.0. The minimum Gasteiger partial charge on any atom is -0.353 e. The van der Waals surface area contributed by atoms with E-state index in [9.17, 15) is 4.79 Å². The van der Waals surface area contributed by atoms with E-state index in [-0.39, 0.29) is 18.5 Å². The molecule has 1 aromatic rings. The Bertz CT molecular complexity index is 337. The summed E-state index contributed by atoms with van der Waals surface area (Å²) in [6.45, 7) is 2.05. The molecule has 88 valence electrons. The first-order valence-corrected chi connectivity index (χ1v) is 6.15. The monoisotopic (exact) mass is 284 g/mol. The van der Waals surface area contributed by atoms with Crippen molar-refractivity contribution in [2.75, 3.05) is 6.54 Å². The van der Waals surface area contributed by atoms with Gasteiger partial charge in [-0.1, -0.05) is 28.1 Å². The fraction of sp³-hybridized carbons (Fsp3) is 0.417. The van der Waals surface area contributed by atoms with Gasteiger partial charge in [-0.3, -0.25) is 4.79 Å². The highest BCUT2D eigenvalue weighted by Crippen LogP contribution is 2.12. The molecule has 0 spiro atoms. The number of amides is 1. The van der Waals surface area contributed by atoms with Gasteiger partial charge in [-0.25, -0.2) is 0 Å². The summed E-state index contributed by atoms with van der Waals surface area (Å²) in [6, 6.07) is 8.39. The summed E-state index contributed by atoms with van der Waals surface area (Å²) in [5, 5.41) is 2.84. The Morgan fingerprint density at radius 3 is 2.62 bits per heavy atom. The predicted octanol–water partition coefficient (Wildman–Crippen LogP) is 1.85. The molecule has 0 radical (unpaired) electrons. The number of hydrogen-bond donors (Lipinski definition) is 2. The normalized spacial score (nSPS) is 12.2. The van der Waals surface area contributed by atoms with Crippen molar-refractivity contribution in [3.8, 4) is 0 Å². The average Bonchev–Trinajstić information content (AvgIpc) is 2.28. The Hall–Kier alpha value is -0.870. The van der Waals surface area contributed by atoms with Gasteiger partial charge < -0.3 is 11.1 Å². The van der Waals surface area contributed by atoms with Crippen molar-refractivity contribution in [2.45, 2.75) is 25.8 Å². The number of nitrogens with one attached hydrogen (secondary N) is 1. The Kier molecular flexibility index (Phi) is 5.49. The molecule has 1 rings (SSSR count). The van der Waals surface area contributed by atoms with Gasteiger partial charge in [-0.05, 0) is 37.5 Å². The zero-order valence-corrected chi connectivity index (χ0v) is 11.0. The van der Waals surface area contributed by atoms with Crippen LogP contribution in [0.4, 0.5) is 0 Å². The van der Waals surface area contributed by atoms with Gasteiger partial charge in [-0.2, -0.15) is 0 Å². The topological polar surface area (TPSA) is 55.1 Å². The zero-order chi connectivity index (χ0) is 12.0. The second-order valence-corrected chi connectivity index (χ2v) is 4.75. The van der Waals surface area contributed by atoms with E-state index in [1.807, 2.05) is 19.1 Å². The van der Waals surface area contributed by atoms with E-state index in [4.69, 9.17) is 5.73 Å². The lowest BCUT2D eigenvalue weighted by molar-refractivity contribution is -0.120. The molecule has 0 bridgehead atoms. The Balaban J connectivity index is 2.34. The molecule has 0 aliphatic heterocycles. The molecule has 3 N–H and O–H groups in total. The minimum atomic E-state index is -0.0942. The molecule has 3 nitrogen and oxygen atoms in total. The molecule has 4 heteroatoms. The van der Waals surface area contributed by atoms with Crippen LogP contribution in [0.15, 0.2) is 28.7 Å². The van der Waals surface area contributed by atoms with Crippen molar-refractivity contribution >= 4 is 21.8 Å². The maximum Gasteiger partial charge on any atom is 0.233 e. The van der Waals surface area contributed by atoms with Gasteiger partial charge in [-0.15, -0.1) is 0 Å².